The molecule has 0 saturated heterocycles. The second kappa shape index (κ2) is 6.39. The topological polar surface area (TPSA) is 54.8 Å². The summed E-state index contributed by atoms with van der Waals surface area (Å²) in [5, 5.41) is 3.34. The molecule has 0 spiro atoms. The van der Waals surface area contributed by atoms with Gasteiger partial charge in [0.05, 0.1) is 5.39 Å². The molecule has 5 nitrogen and oxygen atoms in total. The number of thiophene rings is 1. The van der Waals surface area contributed by atoms with Crippen molar-refractivity contribution in [3.05, 3.63) is 64.8 Å². The van der Waals surface area contributed by atoms with Gasteiger partial charge in [-0.3, -0.25) is 9.97 Å². The Labute approximate surface area is 161 Å². The molecular weight excluding hydrogens is 354 g/mol. The summed E-state index contributed by atoms with van der Waals surface area (Å²) >= 11 is 1.68. The van der Waals surface area contributed by atoms with Crippen LogP contribution in [0.15, 0.2) is 42.3 Å². The van der Waals surface area contributed by atoms with Gasteiger partial charge in [0.2, 0.25) is 0 Å². The van der Waals surface area contributed by atoms with Crippen molar-refractivity contribution in [2.75, 3.05) is 11.4 Å². The van der Waals surface area contributed by atoms with Gasteiger partial charge in [0, 0.05) is 54.4 Å². The molecule has 1 aliphatic rings. The minimum absolute atomic E-state index is 0.816. The summed E-state index contributed by atoms with van der Waals surface area (Å²) in [6.45, 7) is 5.87. The summed E-state index contributed by atoms with van der Waals surface area (Å²) in [6, 6.07) is 6.40. The summed E-state index contributed by atoms with van der Waals surface area (Å²) in [7, 11) is 0. The average Bonchev–Trinajstić information content (AvgIpc) is 3.09. The summed E-state index contributed by atoms with van der Waals surface area (Å²) in [5.74, 6) is 1.03. The number of nitrogens with zero attached hydrogens (tertiary/aromatic N) is 5. The lowest BCUT2D eigenvalue weighted by molar-refractivity contribution is 0.705. The third-order valence-electron chi connectivity index (χ3n) is 5.12. The van der Waals surface area contributed by atoms with E-state index in [-0.39, 0.29) is 0 Å². The predicted molar refractivity (Wildman–Crippen MR) is 109 cm³/mol. The highest BCUT2D eigenvalue weighted by molar-refractivity contribution is 7.17. The Morgan fingerprint density at radius 1 is 1.00 bits per heavy atom. The molecule has 0 radical (unpaired) electrons. The third-order valence-corrected chi connectivity index (χ3v) is 6.12. The van der Waals surface area contributed by atoms with Crippen molar-refractivity contribution in [1.82, 2.24) is 19.9 Å². The zero-order valence-electron chi connectivity index (χ0n) is 15.3. The SMILES string of the molecule is Cc1ccc(-c2cnc3c(c2)CN(c2ncnc4scc(C)c24)CC3)cn1. The zero-order chi connectivity index (χ0) is 18.4. The first-order chi connectivity index (χ1) is 13.2. The molecule has 0 N–H and O–H groups in total. The van der Waals surface area contributed by atoms with Gasteiger partial charge in [-0.05, 0) is 42.5 Å². The number of anilines is 1. The number of pyridine rings is 2. The molecule has 1 aliphatic heterocycles. The normalized spacial score (nSPS) is 13.8. The molecule has 134 valence electrons. The fourth-order valence-electron chi connectivity index (χ4n) is 3.64. The van der Waals surface area contributed by atoms with E-state index in [9.17, 15) is 0 Å². The zero-order valence-corrected chi connectivity index (χ0v) is 16.1. The Morgan fingerprint density at radius 3 is 2.74 bits per heavy atom. The van der Waals surface area contributed by atoms with E-state index in [0.29, 0.717) is 0 Å². The summed E-state index contributed by atoms with van der Waals surface area (Å²) in [5.41, 5.74) is 6.93. The highest BCUT2D eigenvalue weighted by Gasteiger charge is 2.22. The molecule has 4 aromatic rings. The van der Waals surface area contributed by atoms with Gasteiger partial charge < -0.3 is 4.90 Å². The summed E-state index contributed by atoms with van der Waals surface area (Å²) < 4.78 is 0. The minimum atomic E-state index is 0.816. The number of hydrogen-bond donors (Lipinski definition) is 0. The molecule has 5 heterocycles. The lowest BCUT2D eigenvalue weighted by atomic mass is 10.0. The van der Waals surface area contributed by atoms with Crippen molar-refractivity contribution >= 4 is 27.4 Å². The van der Waals surface area contributed by atoms with Gasteiger partial charge in [0.1, 0.15) is 17.0 Å². The van der Waals surface area contributed by atoms with Crippen LogP contribution in [-0.4, -0.2) is 26.5 Å². The van der Waals surface area contributed by atoms with E-state index in [0.717, 1.165) is 47.0 Å². The molecule has 0 saturated carbocycles. The molecule has 0 atom stereocenters. The first kappa shape index (κ1) is 16.3. The van der Waals surface area contributed by atoms with Crippen LogP contribution < -0.4 is 4.90 Å². The van der Waals surface area contributed by atoms with E-state index in [1.54, 1.807) is 17.7 Å². The number of aromatic nitrogens is 4. The Balaban J connectivity index is 1.52. The van der Waals surface area contributed by atoms with Gasteiger partial charge in [-0.1, -0.05) is 6.07 Å². The second-order valence-electron chi connectivity index (χ2n) is 6.99. The Kier molecular flexibility index (Phi) is 3.86. The van der Waals surface area contributed by atoms with Crippen LogP contribution in [0.4, 0.5) is 5.82 Å². The van der Waals surface area contributed by atoms with Crippen LogP contribution in [-0.2, 0) is 13.0 Å². The molecule has 0 bridgehead atoms. The fourth-order valence-corrected chi connectivity index (χ4v) is 4.53. The van der Waals surface area contributed by atoms with Crippen LogP contribution in [0.3, 0.4) is 0 Å². The first-order valence-electron chi connectivity index (χ1n) is 9.03. The van der Waals surface area contributed by atoms with Crippen LogP contribution in [0.1, 0.15) is 22.5 Å². The Hall–Kier alpha value is -2.86. The van der Waals surface area contributed by atoms with Crippen molar-refractivity contribution < 1.29 is 0 Å². The van der Waals surface area contributed by atoms with Gasteiger partial charge in [-0.2, -0.15) is 0 Å². The monoisotopic (exact) mass is 373 g/mol. The lowest BCUT2D eigenvalue weighted by Gasteiger charge is -2.30. The van der Waals surface area contributed by atoms with Crippen molar-refractivity contribution in [3.63, 3.8) is 0 Å². The third kappa shape index (κ3) is 2.86. The average molecular weight is 373 g/mol. The van der Waals surface area contributed by atoms with Crippen molar-refractivity contribution in [3.8, 4) is 11.1 Å². The van der Waals surface area contributed by atoms with Gasteiger partial charge in [-0.25, -0.2) is 9.97 Å². The molecule has 27 heavy (non-hydrogen) atoms. The maximum absolute atomic E-state index is 4.73. The summed E-state index contributed by atoms with van der Waals surface area (Å²) in [6.07, 6.45) is 6.49. The quantitative estimate of drug-likeness (QED) is 0.523. The van der Waals surface area contributed by atoms with Crippen molar-refractivity contribution in [2.24, 2.45) is 0 Å². The van der Waals surface area contributed by atoms with Crippen LogP contribution in [0.25, 0.3) is 21.3 Å². The number of hydrogen-bond acceptors (Lipinski definition) is 6. The Morgan fingerprint density at radius 2 is 1.89 bits per heavy atom. The van der Waals surface area contributed by atoms with Gasteiger partial charge in [-0.15, -0.1) is 11.3 Å². The molecule has 4 aromatic heterocycles. The van der Waals surface area contributed by atoms with Gasteiger partial charge in [0.25, 0.3) is 0 Å². The smallest absolute Gasteiger partial charge is 0.141 e. The summed E-state index contributed by atoms with van der Waals surface area (Å²) in [4.78, 5) is 21.6. The van der Waals surface area contributed by atoms with Crippen molar-refractivity contribution in [1.29, 1.82) is 0 Å². The molecule has 5 rings (SSSR count). The highest BCUT2D eigenvalue weighted by Crippen LogP contribution is 2.33. The highest BCUT2D eigenvalue weighted by atomic mass is 32.1. The van der Waals surface area contributed by atoms with Gasteiger partial charge in [0.15, 0.2) is 0 Å². The van der Waals surface area contributed by atoms with Gasteiger partial charge >= 0.3 is 0 Å². The van der Waals surface area contributed by atoms with Crippen molar-refractivity contribution in [2.45, 2.75) is 26.8 Å². The minimum Gasteiger partial charge on any atom is -0.351 e. The van der Waals surface area contributed by atoms with E-state index >= 15 is 0 Å². The number of rotatable bonds is 2. The predicted octanol–water partition coefficient (Wildman–Crippen LogP) is 4.33. The first-order valence-corrected chi connectivity index (χ1v) is 9.91. The molecule has 0 fully saturated rings. The van der Waals surface area contributed by atoms with E-state index in [4.69, 9.17) is 4.98 Å². The standard InChI is InChI=1S/C21H19N5S/c1-13-11-27-21-19(13)20(24-12-25-21)26-6-5-18-17(10-26)7-16(9-23-18)15-4-3-14(2)22-8-15/h3-4,7-9,11-12H,5-6,10H2,1-2H3. The molecule has 0 aromatic carbocycles. The molecule has 0 unspecified atom stereocenters. The van der Waals surface area contributed by atoms with E-state index < -0.39 is 0 Å². The second-order valence-corrected chi connectivity index (χ2v) is 7.84. The number of aryl methyl sites for hydroxylation is 2. The van der Waals surface area contributed by atoms with E-state index in [1.807, 2.05) is 25.4 Å². The fraction of sp³-hybridized carbons (Fsp3) is 0.238. The maximum atomic E-state index is 4.73. The van der Waals surface area contributed by atoms with Crippen LogP contribution in [0.2, 0.25) is 0 Å². The van der Waals surface area contributed by atoms with E-state index in [2.05, 4.69) is 44.3 Å². The molecule has 0 aliphatic carbocycles. The Bertz CT molecular complexity index is 1130. The van der Waals surface area contributed by atoms with Crippen LogP contribution in [0, 0.1) is 13.8 Å². The molecular formula is C21H19N5S. The maximum Gasteiger partial charge on any atom is 0.141 e. The molecule has 6 heteroatoms. The lowest BCUT2D eigenvalue weighted by Crippen LogP contribution is -2.31. The van der Waals surface area contributed by atoms with E-state index in [1.165, 1.54) is 22.2 Å². The largest absolute Gasteiger partial charge is 0.351 e. The van der Waals surface area contributed by atoms with Crippen LogP contribution in [0.5, 0.6) is 0 Å². The number of fused-ring (bicyclic) bond motifs is 2. The van der Waals surface area contributed by atoms with Crippen LogP contribution >= 0.6 is 11.3 Å². The molecule has 0 amide bonds.